The Morgan fingerprint density at radius 1 is 1.26 bits per heavy atom. The molecule has 27 heavy (non-hydrogen) atoms. The summed E-state index contributed by atoms with van der Waals surface area (Å²) in [5.74, 6) is 2.16. The van der Waals surface area contributed by atoms with Crippen LogP contribution in [0.5, 0.6) is 11.5 Å². The van der Waals surface area contributed by atoms with E-state index in [1.165, 1.54) is 26.4 Å². The number of carbonyl (C=O) groups is 1. The molecule has 0 saturated carbocycles. The molecule has 150 valence electrons. The van der Waals surface area contributed by atoms with Gasteiger partial charge in [-0.3, -0.25) is 14.9 Å². The molecular weight excluding hydrogens is 388 g/mol. The van der Waals surface area contributed by atoms with E-state index in [2.05, 4.69) is 13.8 Å². The summed E-state index contributed by atoms with van der Waals surface area (Å²) >= 11 is 3.66. The Hall–Kier alpha value is -1.61. The number of nitro groups is 1. The zero-order chi connectivity index (χ0) is 20.0. The first kappa shape index (κ1) is 21.7. The second-order valence-corrected chi connectivity index (χ2v) is 9.10. The van der Waals surface area contributed by atoms with Crippen LogP contribution in [0.15, 0.2) is 12.1 Å². The van der Waals surface area contributed by atoms with Crippen molar-refractivity contribution < 1.29 is 19.2 Å². The van der Waals surface area contributed by atoms with Crippen LogP contribution in [0.25, 0.3) is 0 Å². The number of carbonyl (C=O) groups excluding carboxylic acids is 1. The molecule has 1 heterocycles. The van der Waals surface area contributed by atoms with Gasteiger partial charge >= 0.3 is 0 Å². The Morgan fingerprint density at radius 3 is 2.37 bits per heavy atom. The van der Waals surface area contributed by atoms with E-state index in [1.54, 1.807) is 4.90 Å². The fourth-order valence-corrected chi connectivity index (χ4v) is 6.14. The predicted octanol–water partition coefficient (Wildman–Crippen LogP) is 4.05. The first-order valence-electron chi connectivity index (χ1n) is 8.92. The third-order valence-corrected chi connectivity index (χ3v) is 7.23. The Kier molecular flexibility index (Phi) is 8.09. The van der Waals surface area contributed by atoms with Crippen molar-refractivity contribution in [1.29, 1.82) is 0 Å². The molecule has 0 bridgehead atoms. The van der Waals surface area contributed by atoms with E-state index in [0.717, 1.165) is 24.3 Å². The average molecular weight is 415 g/mol. The Bertz CT molecular complexity index is 680. The average Bonchev–Trinajstić information content (AvgIpc) is 3.15. The summed E-state index contributed by atoms with van der Waals surface area (Å²) in [5, 5.41) is 11.6. The largest absolute Gasteiger partial charge is 0.493 e. The lowest BCUT2D eigenvalue weighted by Crippen LogP contribution is -2.41. The highest BCUT2D eigenvalue weighted by molar-refractivity contribution is 8.17. The van der Waals surface area contributed by atoms with Crippen molar-refractivity contribution in [3.8, 4) is 11.5 Å². The third-order valence-electron chi connectivity index (χ3n) is 4.47. The number of benzene rings is 1. The number of amides is 1. The minimum absolute atomic E-state index is 0.0475. The summed E-state index contributed by atoms with van der Waals surface area (Å²) in [6.07, 6.45) is 1.82. The quantitative estimate of drug-likeness (QED) is 0.342. The van der Waals surface area contributed by atoms with Crippen molar-refractivity contribution in [2.24, 2.45) is 0 Å². The predicted molar refractivity (Wildman–Crippen MR) is 110 cm³/mol. The van der Waals surface area contributed by atoms with Crippen molar-refractivity contribution in [1.82, 2.24) is 4.90 Å². The van der Waals surface area contributed by atoms with Gasteiger partial charge in [-0.1, -0.05) is 13.8 Å². The van der Waals surface area contributed by atoms with Crippen LogP contribution in [0.2, 0.25) is 0 Å². The summed E-state index contributed by atoms with van der Waals surface area (Å²) in [6.45, 7) is 4.82. The fourth-order valence-electron chi connectivity index (χ4n) is 3.27. The van der Waals surface area contributed by atoms with E-state index in [9.17, 15) is 14.9 Å². The topological polar surface area (TPSA) is 81.9 Å². The number of nitro benzene ring substituents is 1. The second-order valence-electron chi connectivity index (χ2n) is 5.97. The molecule has 1 aromatic rings. The van der Waals surface area contributed by atoms with Crippen LogP contribution in [-0.2, 0) is 0 Å². The molecule has 2 rings (SSSR count). The molecule has 1 atom stereocenters. The van der Waals surface area contributed by atoms with Crippen LogP contribution in [0.3, 0.4) is 0 Å². The van der Waals surface area contributed by atoms with Crippen LogP contribution in [0, 0.1) is 10.1 Å². The van der Waals surface area contributed by atoms with Crippen molar-refractivity contribution in [2.45, 2.75) is 37.3 Å². The van der Waals surface area contributed by atoms with E-state index >= 15 is 0 Å². The highest BCUT2D eigenvalue weighted by atomic mass is 32.2. The molecule has 1 saturated heterocycles. The SMILES string of the molecule is CCSC(SCC)C1CCCN1C(=O)c1cc(OC)c(OC)cc1[N+](=O)[O-]. The maximum Gasteiger partial charge on any atom is 0.286 e. The lowest BCUT2D eigenvalue weighted by atomic mass is 10.1. The molecule has 7 nitrogen and oxygen atoms in total. The zero-order valence-electron chi connectivity index (χ0n) is 16.1. The lowest BCUT2D eigenvalue weighted by Gasteiger charge is -2.31. The number of thioether (sulfide) groups is 2. The van der Waals surface area contributed by atoms with Gasteiger partial charge in [-0.2, -0.15) is 0 Å². The number of ether oxygens (including phenoxy) is 2. The molecule has 0 aromatic heterocycles. The molecule has 1 aliphatic heterocycles. The molecule has 0 N–H and O–H groups in total. The van der Waals surface area contributed by atoms with Crippen molar-refractivity contribution >= 4 is 35.1 Å². The summed E-state index contributed by atoms with van der Waals surface area (Å²) in [6, 6.07) is 2.75. The molecule has 1 fully saturated rings. The number of hydrogen-bond donors (Lipinski definition) is 0. The smallest absolute Gasteiger partial charge is 0.286 e. The van der Waals surface area contributed by atoms with E-state index < -0.39 is 4.92 Å². The number of hydrogen-bond acceptors (Lipinski definition) is 7. The lowest BCUT2D eigenvalue weighted by molar-refractivity contribution is -0.385. The van der Waals surface area contributed by atoms with Gasteiger partial charge in [-0.15, -0.1) is 23.5 Å². The minimum atomic E-state index is -0.542. The van der Waals surface area contributed by atoms with Gasteiger partial charge in [-0.25, -0.2) is 0 Å². The summed E-state index contributed by atoms with van der Waals surface area (Å²) in [4.78, 5) is 26.1. The standard InChI is InChI=1S/C18H26N2O5S2/c1-5-26-18(27-6-2)13-8-7-9-19(13)17(21)12-10-15(24-3)16(25-4)11-14(12)20(22)23/h10-11,13,18H,5-9H2,1-4H3. The van der Waals surface area contributed by atoms with Crippen molar-refractivity contribution in [3.63, 3.8) is 0 Å². The number of rotatable bonds is 9. The summed E-state index contributed by atoms with van der Waals surface area (Å²) in [5.41, 5.74) is -0.211. The first-order valence-corrected chi connectivity index (χ1v) is 11.0. The Morgan fingerprint density at radius 2 is 1.85 bits per heavy atom. The summed E-state index contributed by atoms with van der Waals surface area (Å²) < 4.78 is 10.7. The van der Waals surface area contributed by atoms with Crippen LogP contribution < -0.4 is 9.47 Å². The molecule has 1 aliphatic rings. The van der Waals surface area contributed by atoms with Crippen molar-refractivity contribution in [2.75, 3.05) is 32.3 Å². The number of likely N-dealkylation sites (tertiary alicyclic amines) is 1. The molecule has 9 heteroatoms. The highest BCUT2D eigenvalue weighted by Crippen LogP contribution is 2.39. The monoisotopic (exact) mass is 414 g/mol. The molecule has 1 aromatic carbocycles. The normalized spacial score (nSPS) is 16.6. The van der Waals surface area contributed by atoms with E-state index in [4.69, 9.17) is 9.47 Å². The van der Waals surface area contributed by atoms with Gasteiger partial charge in [0.05, 0.1) is 35.8 Å². The second kappa shape index (κ2) is 10.1. The molecule has 1 unspecified atom stereocenters. The molecule has 0 spiro atoms. The maximum absolute atomic E-state index is 13.3. The van der Waals surface area contributed by atoms with Gasteiger partial charge in [0.2, 0.25) is 0 Å². The van der Waals surface area contributed by atoms with Gasteiger partial charge in [0.25, 0.3) is 11.6 Å². The zero-order valence-corrected chi connectivity index (χ0v) is 17.7. The Labute approximate surface area is 168 Å². The van der Waals surface area contributed by atoms with E-state index in [0.29, 0.717) is 12.3 Å². The van der Waals surface area contributed by atoms with Crippen LogP contribution in [-0.4, -0.2) is 58.6 Å². The molecule has 0 radical (unpaired) electrons. The molecule has 1 amide bonds. The molecule has 0 aliphatic carbocycles. The van der Waals surface area contributed by atoms with Gasteiger partial charge < -0.3 is 14.4 Å². The first-order chi connectivity index (χ1) is 13.0. The third kappa shape index (κ3) is 4.82. The summed E-state index contributed by atoms with van der Waals surface area (Å²) in [7, 11) is 2.86. The van der Waals surface area contributed by atoms with Gasteiger partial charge in [0.15, 0.2) is 11.5 Å². The van der Waals surface area contributed by atoms with Crippen LogP contribution in [0.4, 0.5) is 5.69 Å². The van der Waals surface area contributed by atoms with E-state index in [-0.39, 0.29) is 33.5 Å². The van der Waals surface area contributed by atoms with Gasteiger partial charge in [-0.05, 0) is 24.3 Å². The maximum atomic E-state index is 13.3. The fraction of sp³-hybridized carbons (Fsp3) is 0.611. The van der Waals surface area contributed by atoms with Gasteiger partial charge in [0.1, 0.15) is 5.56 Å². The number of methoxy groups -OCH3 is 2. The molecular formula is C18H26N2O5S2. The minimum Gasteiger partial charge on any atom is -0.493 e. The Balaban J connectivity index is 2.41. The number of nitrogens with zero attached hydrogens (tertiary/aromatic N) is 2. The van der Waals surface area contributed by atoms with Crippen molar-refractivity contribution in [3.05, 3.63) is 27.8 Å². The van der Waals surface area contributed by atoms with Gasteiger partial charge in [0, 0.05) is 12.6 Å². The van der Waals surface area contributed by atoms with Crippen LogP contribution in [0.1, 0.15) is 37.0 Å². The highest BCUT2D eigenvalue weighted by Gasteiger charge is 2.38. The van der Waals surface area contributed by atoms with Crippen LogP contribution >= 0.6 is 23.5 Å². The van der Waals surface area contributed by atoms with E-state index in [1.807, 2.05) is 23.5 Å².